The van der Waals surface area contributed by atoms with Gasteiger partial charge in [0.2, 0.25) is 0 Å². The second-order valence-electron chi connectivity index (χ2n) is 4.85. The Hall–Kier alpha value is -1.34. The zero-order valence-corrected chi connectivity index (χ0v) is 11.5. The minimum absolute atomic E-state index is 0.0904. The van der Waals surface area contributed by atoms with Crippen LogP contribution in [0, 0.1) is 5.92 Å². The van der Waals surface area contributed by atoms with Gasteiger partial charge in [0.15, 0.2) is 0 Å². The molecule has 110 valence electrons. The van der Waals surface area contributed by atoms with Crippen molar-refractivity contribution in [2.75, 3.05) is 40.4 Å². The summed E-state index contributed by atoms with van der Waals surface area (Å²) in [6.45, 7) is 2.60. The number of carboxylic acids is 1. The molecule has 0 aromatic heterocycles. The number of ether oxygens (including phenoxy) is 1. The van der Waals surface area contributed by atoms with Crippen molar-refractivity contribution in [1.82, 2.24) is 15.5 Å². The smallest absolute Gasteiger partial charge is 0.326 e. The maximum Gasteiger partial charge on any atom is 0.326 e. The lowest BCUT2D eigenvalue weighted by Crippen LogP contribution is -2.48. The molecule has 1 unspecified atom stereocenters. The van der Waals surface area contributed by atoms with Crippen LogP contribution in [0.5, 0.6) is 0 Å². The van der Waals surface area contributed by atoms with Gasteiger partial charge in [0.1, 0.15) is 6.04 Å². The van der Waals surface area contributed by atoms with E-state index in [2.05, 4.69) is 10.6 Å². The van der Waals surface area contributed by atoms with E-state index in [1.54, 1.807) is 7.11 Å². The van der Waals surface area contributed by atoms with Gasteiger partial charge in [-0.25, -0.2) is 9.59 Å². The normalized spacial score (nSPS) is 16.2. The molecule has 1 fully saturated rings. The molecular weight excluding hydrogens is 250 g/mol. The van der Waals surface area contributed by atoms with Gasteiger partial charge in [-0.3, -0.25) is 0 Å². The first-order valence-electron chi connectivity index (χ1n) is 6.49. The molecule has 1 saturated carbocycles. The van der Waals surface area contributed by atoms with Crippen LogP contribution in [0.25, 0.3) is 0 Å². The largest absolute Gasteiger partial charge is 0.480 e. The van der Waals surface area contributed by atoms with Gasteiger partial charge in [-0.05, 0) is 25.8 Å². The van der Waals surface area contributed by atoms with E-state index < -0.39 is 18.0 Å². The Morgan fingerprint density at radius 2 is 2.11 bits per heavy atom. The first-order valence-corrected chi connectivity index (χ1v) is 6.49. The Kier molecular flexibility index (Phi) is 6.58. The molecule has 0 bridgehead atoms. The van der Waals surface area contributed by atoms with Crippen LogP contribution in [0.1, 0.15) is 12.8 Å². The summed E-state index contributed by atoms with van der Waals surface area (Å²) in [5, 5.41) is 14.1. The van der Waals surface area contributed by atoms with E-state index >= 15 is 0 Å². The van der Waals surface area contributed by atoms with E-state index in [-0.39, 0.29) is 5.92 Å². The Bertz CT molecular complexity index is 307. The van der Waals surface area contributed by atoms with Crippen LogP contribution < -0.4 is 10.6 Å². The Labute approximate surface area is 113 Å². The third kappa shape index (κ3) is 6.40. The number of carbonyl (C=O) groups is 2. The quantitative estimate of drug-likeness (QED) is 0.538. The molecule has 19 heavy (non-hydrogen) atoms. The highest BCUT2D eigenvalue weighted by Crippen LogP contribution is 2.32. The summed E-state index contributed by atoms with van der Waals surface area (Å²) in [7, 11) is 3.58. The summed E-state index contributed by atoms with van der Waals surface area (Å²) < 4.78 is 4.95. The first kappa shape index (κ1) is 15.7. The summed E-state index contributed by atoms with van der Waals surface area (Å²) in [6.07, 6.45) is 1.74. The molecule has 0 heterocycles. The summed E-state index contributed by atoms with van der Waals surface area (Å²) in [4.78, 5) is 24.5. The van der Waals surface area contributed by atoms with Crippen LogP contribution in [0.3, 0.4) is 0 Å². The fourth-order valence-corrected chi connectivity index (χ4v) is 1.72. The number of methoxy groups -OCH3 is 1. The molecule has 0 aromatic rings. The van der Waals surface area contributed by atoms with Gasteiger partial charge >= 0.3 is 12.0 Å². The molecule has 0 aromatic carbocycles. The standard InChI is InChI=1S/C12H23N3O4/c1-15(7-8-19-2)6-5-13-12(18)14-10(11(16)17)9-3-4-9/h9-10H,3-8H2,1-2H3,(H,16,17)(H2,13,14,18). The zero-order valence-electron chi connectivity index (χ0n) is 11.5. The van der Waals surface area contributed by atoms with Gasteiger partial charge in [-0.1, -0.05) is 0 Å². The maximum absolute atomic E-state index is 11.6. The summed E-state index contributed by atoms with van der Waals surface area (Å²) >= 11 is 0. The minimum atomic E-state index is -0.963. The SMILES string of the molecule is COCCN(C)CCNC(=O)NC(C(=O)O)C1CC1. The molecule has 7 heteroatoms. The predicted octanol–water partition coefficient (Wildman–Crippen LogP) is -0.273. The van der Waals surface area contributed by atoms with Crippen molar-refractivity contribution >= 4 is 12.0 Å². The number of nitrogens with zero attached hydrogens (tertiary/aromatic N) is 1. The number of urea groups is 1. The average Bonchev–Trinajstić information content (AvgIpc) is 3.17. The topological polar surface area (TPSA) is 90.9 Å². The molecule has 0 saturated heterocycles. The average molecular weight is 273 g/mol. The van der Waals surface area contributed by atoms with Gasteiger partial charge in [-0.2, -0.15) is 0 Å². The highest BCUT2D eigenvalue weighted by molar-refractivity contribution is 5.83. The van der Waals surface area contributed by atoms with Crippen LogP contribution in [0.4, 0.5) is 4.79 Å². The molecular formula is C12H23N3O4. The highest BCUT2D eigenvalue weighted by Gasteiger charge is 2.37. The van der Waals surface area contributed by atoms with Crippen molar-refractivity contribution in [3.05, 3.63) is 0 Å². The van der Waals surface area contributed by atoms with Crippen molar-refractivity contribution in [3.8, 4) is 0 Å². The summed E-state index contributed by atoms with van der Waals surface area (Å²) in [6, 6.07) is -1.18. The number of nitrogens with one attached hydrogen (secondary N) is 2. The second-order valence-corrected chi connectivity index (χ2v) is 4.85. The lowest BCUT2D eigenvalue weighted by molar-refractivity contribution is -0.139. The molecule has 0 aliphatic heterocycles. The number of hydrogen-bond donors (Lipinski definition) is 3. The van der Waals surface area contributed by atoms with Crippen LogP contribution in [-0.2, 0) is 9.53 Å². The van der Waals surface area contributed by atoms with Gasteiger partial charge in [0, 0.05) is 26.7 Å². The van der Waals surface area contributed by atoms with E-state index in [0.29, 0.717) is 19.7 Å². The minimum Gasteiger partial charge on any atom is -0.480 e. The van der Waals surface area contributed by atoms with E-state index in [4.69, 9.17) is 9.84 Å². The Morgan fingerprint density at radius 3 is 2.63 bits per heavy atom. The van der Waals surface area contributed by atoms with Crippen molar-refractivity contribution in [3.63, 3.8) is 0 Å². The molecule has 0 radical (unpaired) electrons. The monoisotopic (exact) mass is 273 g/mol. The highest BCUT2D eigenvalue weighted by atomic mass is 16.5. The molecule has 1 aliphatic carbocycles. The molecule has 7 nitrogen and oxygen atoms in total. The molecule has 3 N–H and O–H groups in total. The van der Waals surface area contributed by atoms with Gasteiger partial charge in [0.05, 0.1) is 6.61 Å². The van der Waals surface area contributed by atoms with Crippen LogP contribution in [0.15, 0.2) is 0 Å². The fourth-order valence-electron chi connectivity index (χ4n) is 1.72. The third-order valence-electron chi connectivity index (χ3n) is 3.10. The van der Waals surface area contributed by atoms with Crippen molar-refractivity contribution in [1.29, 1.82) is 0 Å². The van der Waals surface area contributed by atoms with E-state index in [9.17, 15) is 9.59 Å². The Morgan fingerprint density at radius 1 is 1.42 bits per heavy atom. The molecule has 1 rings (SSSR count). The van der Waals surface area contributed by atoms with Crippen LogP contribution >= 0.6 is 0 Å². The van der Waals surface area contributed by atoms with E-state index in [1.165, 1.54) is 0 Å². The van der Waals surface area contributed by atoms with E-state index in [0.717, 1.165) is 19.4 Å². The Balaban J connectivity index is 2.14. The molecule has 2 amide bonds. The lowest BCUT2D eigenvalue weighted by atomic mass is 10.2. The summed E-state index contributed by atoms with van der Waals surface area (Å²) in [5.41, 5.74) is 0. The number of hydrogen-bond acceptors (Lipinski definition) is 4. The van der Waals surface area contributed by atoms with Gasteiger partial charge < -0.3 is 25.4 Å². The van der Waals surface area contributed by atoms with Crippen molar-refractivity contribution < 1.29 is 19.4 Å². The van der Waals surface area contributed by atoms with Crippen molar-refractivity contribution in [2.24, 2.45) is 5.92 Å². The molecule has 1 aliphatic rings. The first-order chi connectivity index (χ1) is 9.04. The zero-order chi connectivity index (χ0) is 14.3. The predicted molar refractivity (Wildman–Crippen MR) is 70.1 cm³/mol. The van der Waals surface area contributed by atoms with Crippen LogP contribution in [0.2, 0.25) is 0 Å². The number of rotatable bonds is 9. The number of carbonyl (C=O) groups excluding carboxylic acids is 1. The molecule has 0 spiro atoms. The second kappa shape index (κ2) is 7.96. The fraction of sp³-hybridized carbons (Fsp3) is 0.833. The van der Waals surface area contributed by atoms with Gasteiger partial charge in [0.25, 0.3) is 0 Å². The van der Waals surface area contributed by atoms with Crippen LogP contribution in [-0.4, -0.2) is 68.4 Å². The summed E-state index contributed by atoms with van der Waals surface area (Å²) in [5.74, 6) is -0.873. The molecule has 1 atom stereocenters. The maximum atomic E-state index is 11.6. The van der Waals surface area contributed by atoms with Gasteiger partial charge in [-0.15, -0.1) is 0 Å². The van der Waals surface area contributed by atoms with E-state index in [1.807, 2.05) is 11.9 Å². The third-order valence-corrected chi connectivity index (χ3v) is 3.10. The van der Waals surface area contributed by atoms with Crippen molar-refractivity contribution in [2.45, 2.75) is 18.9 Å². The number of likely N-dealkylation sites (N-methyl/N-ethyl adjacent to an activating group) is 1. The number of aliphatic carboxylic acids is 1. The number of carboxylic acid groups (broad SMARTS) is 1. The number of amides is 2. The lowest BCUT2D eigenvalue weighted by Gasteiger charge is -2.18.